The molecule has 0 aliphatic rings. The highest BCUT2D eigenvalue weighted by Gasteiger charge is 2.21. The van der Waals surface area contributed by atoms with Gasteiger partial charge in [-0.3, -0.25) is 9.98 Å². The number of hydrogen-bond acceptors (Lipinski definition) is 2. The standard InChI is InChI=1S/C18H23BrN4/c1-18(2,14-7-6-8-15(19)11-14)13-23-17(20-3)22-12-16-9-4-5-10-21-16/h4-11H,12-13H2,1-3H3,(H2,20,22,23). The molecule has 0 aliphatic heterocycles. The summed E-state index contributed by atoms with van der Waals surface area (Å²) in [7, 11) is 1.78. The van der Waals surface area contributed by atoms with Crippen molar-refractivity contribution in [2.24, 2.45) is 4.99 Å². The molecule has 0 bridgehead atoms. The Morgan fingerprint density at radius 1 is 1.17 bits per heavy atom. The molecular formula is C18H23BrN4. The Balaban J connectivity index is 1.92. The molecular weight excluding hydrogens is 352 g/mol. The van der Waals surface area contributed by atoms with Crippen LogP contribution in [0.4, 0.5) is 0 Å². The quantitative estimate of drug-likeness (QED) is 0.621. The molecule has 0 amide bonds. The number of pyridine rings is 1. The minimum atomic E-state index is -0.00754. The molecule has 2 rings (SSSR count). The van der Waals surface area contributed by atoms with Crippen molar-refractivity contribution in [1.82, 2.24) is 15.6 Å². The summed E-state index contributed by atoms with van der Waals surface area (Å²) in [5, 5.41) is 6.68. The molecule has 4 nitrogen and oxygen atoms in total. The Morgan fingerprint density at radius 2 is 2.00 bits per heavy atom. The molecule has 1 aromatic carbocycles. The summed E-state index contributed by atoms with van der Waals surface area (Å²) >= 11 is 3.54. The van der Waals surface area contributed by atoms with E-state index >= 15 is 0 Å². The molecule has 5 heteroatoms. The first-order chi connectivity index (χ1) is 11.0. The highest BCUT2D eigenvalue weighted by Crippen LogP contribution is 2.24. The van der Waals surface area contributed by atoms with E-state index in [9.17, 15) is 0 Å². The Hall–Kier alpha value is -1.88. The number of halogens is 1. The Bertz CT molecular complexity index is 653. The first-order valence-electron chi connectivity index (χ1n) is 7.62. The summed E-state index contributed by atoms with van der Waals surface area (Å²) in [6, 6.07) is 14.3. The molecule has 2 aromatic rings. The van der Waals surface area contributed by atoms with Gasteiger partial charge in [-0.05, 0) is 29.8 Å². The molecule has 0 saturated heterocycles. The minimum Gasteiger partial charge on any atom is -0.356 e. The average Bonchev–Trinajstić information content (AvgIpc) is 2.56. The van der Waals surface area contributed by atoms with E-state index in [1.165, 1.54) is 5.56 Å². The van der Waals surface area contributed by atoms with Gasteiger partial charge in [-0.25, -0.2) is 0 Å². The summed E-state index contributed by atoms with van der Waals surface area (Å²) in [5.74, 6) is 0.777. The number of rotatable bonds is 5. The van der Waals surface area contributed by atoms with Crippen LogP contribution in [0.1, 0.15) is 25.1 Å². The third kappa shape index (κ3) is 5.36. The molecule has 0 atom stereocenters. The van der Waals surface area contributed by atoms with Crippen molar-refractivity contribution < 1.29 is 0 Å². The van der Waals surface area contributed by atoms with E-state index < -0.39 is 0 Å². The first-order valence-corrected chi connectivity index (χ1v) is 8.41. The van der Waals surface area contributed by atoms with E-state index in [0.717, 1.165) is 22.7 Å². The third-order valence-corrected chi connectivity index (χ3v) is 4.18. The molecule has 23 heavy (non-hydrogen) atoms. The lowest BCUT2D eigenvalue weighted by molar-refractivity contribution is 0.508. The maximum absolute atomic E-state index is 4.30. The summed E-state index contributed by atoms with van der Waals surface area (Å²) < 4.78 is 1.10. The van der Waals surface area contributed by atoms with Crippen LogP contribution in [0, 0.1) is 0 Å². The van der Waals surface area contributed by atoms with Crippen molar-refractivity contribution >= 4 is 21.9 Å². The molecule has 0 saturated carbocycles. The number of nitrogens with zero attached hydrogens (tertiary/aromatic N) is 2. The molecule has 0 fully saturated rings. The number of nitrogens with one attached hydrogen (secondary N) is 2. The van der Waals surface area contributed by atoms with Crippen LogP contribution in [0.3, 0.4) is 0 Å². The van der Waals surface area contributed by atoms with E-state index in [1.807, 2.05) is 24.3 Å². The zero-order chi connectivity index (χ0) is 16.7. The Kier molecular flexibility index (Phi) is 6.16. The van der Waals surface area contributed by atoms with Crippen LogP contribution in [-0.2, 0) is 12.0 Å². The van der Waals surface area contributed by atoms with Gasteiger partial charge in [0.05, 0.1) is 12.2 Å². The smallest absolute Gasteiger partial charge is 0.191 e. The van der Waals surface area contributed by atoms with Crippen LogP contribution >= 0.6 is 15.9 Å². The van der Waals surface area contributed by atoms with E-state index in [4.69, 9.17) is 0 Å². The van der Waals surface area contributed by atoms with Crippen molar-refractivity contribution in [2.45, 2.75) is 25.8 Å². The lowest BCUT2D eigenvalue weighted by atomic mass is 9.85. The van der Waals surface area contributed by atoms with Crippen LogP contribution in [0.25, 0.3) is 0 Å². The van der Waals surface area contributed by atoms with Crippen LogP contribution in [0.5, 0.6) is 0 Å². The number of benzene rings is 1. The van der Waals surface area contributed by atoms with E-state index in [2.05, 4.69) is 68.6 Å². The lowest BCUT2D eigenvalue weighted by Gasteiger charge is -2.27. The summed E-state index contributed by atoms with van der Waals surface area (Å²) in [6.45, 7) is 5.87. The van der Waals surface area contributed by atoms with Gasteiger partial charge in [-0.15, -0.1) is 0 Å². The largest absolute Gasteiger partial charge is 0.356 e. The fourth-order valence-corrected chi connectivity index (χ4v) is 2.61. The topological polar surface area (TPSA) is 49.3 Å². The van der Waals surface area contributed by atoms with Crippen LogP contribution in [-0.4, -0.2) is 24.5 Å². The predicted octanol–water partition coefficient (Wildman–Crippen LogP) is 3.49. The van der Waals surface area contributed by atoms with E-state index in [-0.39, 0.29) is 5.41 Å². The number of hydrogen-bond donors (Lipinski definition) is 2. The molecule has 0 radical (unpaired) electrons. The number of aliphatic imine (C=N–C) groups is 1. The van der Waals surface area contributed by atoms with Gasteiger partial charge in [-0.2, -0.15) is 0 Å². The second kappa shape index (κ2) is 8.11. The van der Waals surface area contributed by atoms with Gasteiger partial charge >= 0.3 is 0 Å². The molecule has 0 spiro atoms. The van der Waals surface area contributed by atoms with Crippen LogP contribution < -0.4 is 10.6 Å². The minimum absolute atomic E-state index is 0.00754. The summed E-state index contributed by atoms with van der Waals surface area (Å²) in [6.07, 6.45) is 1.80. The zero-order valence-corrected chi connectivity index (χ0v) is 15.4. The molecule has 1 heterocycles. The molecule has 1 aromatic heterocycles. The number of guanidine groups is 1. The Labute approximate surface area is 146 Å². The fourth-order valence-electron chi connectivity index (χ4n) is 2.21. The van der Waals surface area contributed by atoms with Gasteiger partial charge < -0.3 is 10.6 Å². The Morgan fingerprint density at radius 3 is 2.65 bits per heavy atom. The van der Waals surface area contributed by atoms with Crippen molar-refractivity contribution in [1.29, 1.82) is 0 Å². The van der Waals surface area contributed by atoms with Gasteiger partial charge in [0, 0.05) is 29.7 Å². The highest BCUT2D eigenvalue weighted by atomic mass is 79.9. The van der Waals surface area contributed by atoms with Gasteiger partial charge in [-0.1, -0.05) is 48.0 Å². The molecule has 0 aliphatic carbocycles. The fraction of sp³-hybridized carbons (Fsp3) is 0.333. The van der Waals surface area contributed by atoms with Gasteiger partial charge in [0.1, 0.15) is 0 Å². The number of aromatic nitrogens is 1. The maximum atomic E-state index is 4.30. The second-order valence-corrected chi connectivity index (χ2v) is 6.91. The van der Waals surface area contributed by atoms with Gasteiger partial charge in [0.2, 0.25) is 0 Å². The van der Waals surface area contributed by atoms with Gasteiger partial charge in [0.25, 0.3) is 0 Å². The van der Waals surface area contributed by atoms with E-state index in [0.29, 0.717) is 6.54 Å². The van der Waals surface area contributed by atoms with E-state index in [1.54, 1.807) is 13.2 Å². The van der Waals surface area contributed by atoms with Crippen molar-refractivity contribution in [3.05, 3.63) is 64.4 Å². The average molecular weight is 375 g/mol. The van der Waals surface area contributed by atoms with Crippen molar-refractivity contribution in [2.75, 3.05) is 13.6 Å². The SMILES string of the molecule is CN=C(NCc1ccccn1)NCC(C)(C)c1cccc(Br)c1. The molecule has 2 N–H and O–H groups in total. The van der Waals surface area contributed by atoms with Crippen LogP contribution in [0.2, 0.25) is 0 Å². The van der Waals surface area contributed by atoms with Crippen molar-refractivity contribution in [3.8, 4) is 0 Å². The molecule has 122 valence electrons. The third-order valence-electron chi connectivity index (χ3n) is 3.69. The molecule has 0 unspecified atom stereocenters. The lowest BCUT2D eigenvalue weighted by Crippen LogP contribution is -2.43. The normalized spacial score (nSPS) is 12.1. The van der Waals surface area contributed by atoms with Crippen molar-refractivity contribution in [3.63, 3.8) is 0 Å². The highest BCUT2D eigenvalue weighted by molar-refractivity contribution is 9.10. The first kappa shape index (κ1) is 17.5. The van der Waals surface area contributed by atoms with Crippen LogP contribution in [0.15, 0.2) is 58.1 Å². The summed E-state index contributed by atoms with van der Waals surface area (Å²) in [5.41, 5.74) is 2.26. The summed E-state index contributed by atoms with van der Waals surface area (Å²) in [4.78, 5) is 8.58. The van der Waals surface area contributed by atoms with Gasteiger partial charge in [0.15, 0.2) is 5.96 Å². The maximum Gasteiger partial charge on any atom is 0.191 e. The second-order valence-electron chi connectivity index (χ2n) is 5.99. The zero-order valence-electron chi connectivity index (χ0n) is 13.8. The predicted molar refractivity (Wildman–Crippen MR) is 99.6 cm³/mol. The monoisotopic (exact) mass is 374 g/mol.